The van der Waals surface area contributed by atoms with Gasteiger partial charge in [0.25, 0.3) is 0 Å². The van der Waals surface area contributed by atoms with Gasteiger partial charge in [-0.05, 0) is 12.1 Å². The third-order valence-corrected chi connectivity index (χ3v) is 2.23. The first-order valence-corrected chi connectivity index (χ1v) is 4.95. The second-order valence-electron chi connectivity index (χ2n) is 3.51. The van der Waals surface area contributed by atoms with Crippen LogP contribution < -0.4 is 10.4 Å². The molecule has 5 heteroatoms. The zero-order valence-corrected chi connectivity index (χ0v) is 8.84. The van der Waals surface area contributed by atoms with Crippen molar-refractivity contribution in [3.05, 3.63) is 30.3 Å². The Morgan fingerprint density at radius 1 is 1.44 bits per heavy atom. The van der Waals surface area contributed by atoms with Crippen molar-refractivity contribution >= 4 is 17.4 Å². The molecule has 0 spiro atoms. The highest BCUT2D eigenvalue weighted by Gasteiger charge is 2.32. The van der Waals surface area contributed by atoms with Gasteiger partial charge in [0.15, 0.2) is 0 Å². The lowest BCUT2D eigenvalue weighted by Gasteiger charge is -2.18. The molecule has 1 aromatic carbocycles. The van der Waals surface area contributed by atoms with Gasteiger partial charge in [0.1, 0.15) is 0 Å². The van der Waals surface area contributed by atoms with Gasteiger partial charge in [0, 0.05) is 6.92 Å². The number of hydrogen-bond acceptors (Lipinski definition) is 5. The third kappa shape index (κ3) is 2.20. The first kappa shape index (κ1) is 10.6. The SMILES string of the molecule is CC(=O)OC1NN(c2ccccc2)CC1=O. The number of para-hydroxylation sites is 1. The minimum atomic E-state index is -0.863. The van der Waals surface area contributed by atoms with Crippen LogP contribution in [0.2, 0.25) is 0 Å². The van der Waals surface area contributed by atoms with Crippen LogP contribution in [0.5, 0.6) is 0 Å². The van der Waals surface area contributed by atoms with Gasteiger partial charge >= 0.3 is 5.97 Å². The van der Waals surface area contributed by atoms with Crippen molar-refractivity contribution < 1.29 is 14.3 Å². The fraction of sp³-hybridized carbons (Fsp3) is 0.273. The number of carbonyl (C=O) groups is 2. The Morgan fingerprint density at radius 3 is 2.75 bits per heavy atom. The van der Waals surface area contributed by atoms with Crippen LogP contribution >= 0.6 is 0 Å². The van der Waals surface area contributed by atoms with Crippen LogP contribution in [-0.2, 0) is 14.3 Å². The maximum Gasteiger partial charge on any atom is 0.304 e. The zero-order valence-electron chi connectivity index (χ0n) is 8.84. The summed E-state index contributed by atoms with van der Waals surface area (Å²) in [6.45, 7) is 1.47. The van der Waals surface area contributed by atoms with E-state index in [0.717, 1.165) is 5.69 Å². The molecule has 0 radical (unpaired) electrons. The van der Waals surface area contributed by atoms with Crippen LogP contribution in [0.25, 0.3) is 0 Å². The van der Waals surface area contributed by atoms with E-state index in [2.05, 4.69) is 5.43 Å². The fourth-order valence-electron chi connectivity index (χ4n) is 1.53. The summed E-state index contributed by atoms with van der Waals surface area (Å²) in [6, 6.07) is 9.39. The van der Waals surface area contributed by atoms with Gasteiger partial charge in [-0.15, -0.1) is 0 Å². The molecule has 1 aliphatic heterocycles. The molecule has 84 valence electrons. The van der Waals surface area contributed by atoms with Crippen molar-refractivity contribution in [2.45, 2.75) is 13.2 Å². The Kier molecular flexibility index (Phi) is 2.87. The summed E-state index contributed by atoms with van der Waals surface area (Å²) in [5, 5.41) is 1.66. The van der Waals surface area contributed by atoms with Crippen LogP contribution in [0.4, 0.5) is 5.69 Å². The number of anilines is 1. The van der Waals surface area contributed by atoms with Crippen LogP contribution in [0.15, 0.2) is 30.3 Å². The minimum absolute atomic E-state index is 0.154. The van der Waals surface area contributed by atoms with E-state index < -0.39 is 12.2 Å². The molecule has 0 amide bonds. The smallest absolute Gasteiger partial charge is 0.304 e. The lowest BCUT2D eigenvalue weighted by atomic mass is 10.3. The van der Waals surface area contributed by atoms with Crippen molar-refractivity contribution in [2.24, 2.45) is 0 Å². The number of esters is 1. The van der Waals surface area contributed by atoms with Crippen molar-refractivity contribution in [2.75, 3.05) is 11.6 Å². The van der Waals surface area contributed by atoms with E-state index in [-0.39, 0.29) is 12.3 Å². The second-order valence-corrected chi connectivity index (χ2v) is 3.51. The minimum Gasteiger partial charge on any atom is -0.437 e. The Hall–Kier alpha value is -1.88. The van der Waals surface area contributed by atoms with Gasteiger partial charge in [-0.1, -0.05) is 18.2 Å². The highest BCUT2D eigenvalue weighted by Crippen LogP contribution is 2.15. The Bertz CT molecular complexity index is 405. The molecule has 1 fully saturated rings. The third-order valence-electron chi connectivity index (χ3n) is 2.23. The normalized spacial score (nSPS) is 19.9. The summed E-state index contributed by atoms with van der Waals surface area (Å²) < 4.78 is 4.83. The Balaban J connectivity index is 2.07. The van der Waals surface area contributed by atoms with Crippen molar-refractivity contribution in [3.8, 4) is 0 Å². The van der Waals surface area contributed by atoms with Crippen LogP contribution in [-0.4, -0.2) is 24.5 Å². The molecule has 5 nitrogen and oxygen atoms in total. The number of hydrogen-bond donors (Lipinski definition) is 1. The quantitative estimate of drug-likeness (QED) is 0.734. The molecule has 0 saturated carbocycles. The molecule has 1 saturated heterocycles. The van der Waals surface area contributed by atoms with Gasteiger partial charge in [-0.3, -0.25) is 14.6 Å². The van der Waals surface area contributed by atoms with E-state index in [1.807, 2.05) is 30.3 Å². The molecule has 1 unspecified atom stereocenters. The number of ether oxygens (including phenoxy) is 1. The number of benzene rings is 1. The lowest BCUT2D eigenvalue weighted by Crippen LogP contribution is -2.38. The number of Topliss-reactive ketones (excluding diaryl/α,β-unsaturated/α-hetero) is 1. The number of rotatable bonds is 2. The average molecular weight is 220 g/mol. The van der Waals surface area contributed by atoms with Crippen molar-refractivity contribution in [1.29, 1.82) is 0 Å². The largest absolute Gasteiger partial charge is 0.437 e. The molecule has 1 atom stereocenters. The van der Waals surface area contributed by atoms with E-state index in [1.54, 1.807) is 5.01 Å². The molecular formula is C11H12N2O3. The number of nitrogens with zero attached hydrogens (tertiary/aromatic N) is 1. The number of carbonyl (C=O) groups excluding carboxylic acids is 2. The van der Waals surface area contributed by atoms with Crippen LogP contribution in [0, 0.1) is 0 Å². The van der Waals surface area contributed by atoms with Crippen LogP contribution in [0.3, 0.4) is 0 Å². The molecule has 1 heterocycles. The van der Waals surface area contributed by atoms with Crippen molar-refractivity contribution in [1.82, 2.24) is 5.43 Å². The molecule has 1 aliphatic rings. The van der Waals surface area contributed by atoms with E-state index in [0.29, 0.717) is 0 Å². The summed E-state index contributed by atoms with van der Waals surface area (Å²) in [7, 11) is 0. The summed E-state index contributed by atoms with van der Waals surface area (Å²) in [4.78, 5) is 22.3. The van der Waals surface area contributed by atoms with Gasteiger partial charge in [-0.25, -0.2) is 0 Å². The van der Waals surface area contributed by atoms with Crippen molar-refractivity contribution in [3.63, 3.8) is 0 Å². The molecule has 16 heavy (non-hydrogen) atoms. The predicted molar refractivity (Wildman–Crippen MR) is 57.5 cm³/mol. The fourth-order valence-corrected chi connectivity index (χ4v) is 1.53. The number of nitrogens with one attached hydrogen (secondary N) is 1. The van der Waals surface area contributed by atoms with E-state index in [9.17, 15) is 9.59 Å². The molecule has 1 aromatic rings. The Morgan fingerprint density at radius 2 is 2.12 bits per heavy atom. The summed E-state index contributed by atoms with van der Waals surface area (Å²) >= 11 is 0. The van der Waals surface area contributed by atoms with E-state index in [1.165, 1.54) is 6.92 Å². The standard InChI is InChI=1S/C11H12N2O3/c1-8(14)16-11-10(15)7-13(12-11)9-5-3-2-4-6-9/h2-6,11-12H,7H2,1H3. The molecule has 1 N–H and O–H groups in total. The molecule has 2 rings (SSSR count). The molecule has 0 bridgehead atoms. The van der Waals surface area contributed by atoms with Crippen LogP contribution in [0.1, 0.15) is 6.92 Å². The Labute approximate surface area is 93.0 Å². The molecule has 0 aliphatic carbocycles. The highest BCUT2D eigenvalue weighted by molar-refractivity contribution is 5.91. The predicted octanol–water partition coefficient (Wildman–Crippen LogP) is 0.469. The average Bonchev–Trinajstić information content (AvgIpc) is 2.61. The first-order valence-electron chi connectivity index (χ1n) is 4.95. The maximum absolute atomic E-state index is 11.5. The molecular weight excluding hydrogens is 208 g/mol. The zero-order chi connectivity index (χ0) is 11.5. The number of ketones is 1. The monoisotopic (exact) mass is 220 g/mol. The summed E-state index contributed by atoms with van der Waals surface area (Å²) in [5.74, 6) is -0.625. The van der Waals surface area contributed by atoms with Gasteiger partial charge in [-0.2, -0.15) is 5.43 Å². The summed E-state index contributed by atoms with van der Waals surface area (Å²) in [5.41, 5.74) is 3.70. The van der Waals surface area contributed by atoms with E-state index >= 15 is 0 Å². The first-order chi connectivity index (χ1) is 7.66. The lowest BCUT2D eigenvalue weighted by molar-refractivity contribution is -0.152. The summed E-state index contributed by atoms with van der Waals surface area (Å²) in [6.07, 6.45) is -0.863. The number of hydrazine groups is 1. The topological polar surface area (TPSA) is 58.6 Å². The maximum atomic E-state index is 11.5. The van der Waals surface area contributed by atoms with Gasteiger partial charge in [0.2, 0.25) is 12.0 Å². The van der Waals surface area contributed by atoms with Gasteiger partial charge in [0.05, 0.1) is 12.2 Å². The van der Waals surface area contributed by atoms with E-state index in [4.69, 9.17) is 4.74 Å². The second kappa shape index (κ2) is 4.32. The molecule has 0 aromatic heterocycles. The van der Waals surface area contributed by atoms with Gasteiger partial charge < -0.3 is 4.74 Å². The highest BCUT2D eigenvalue weighted by atomic mass is 16.6.